The van der Waals surface area contributed by atoms with Gasteiger partial charge in [0, 0.05) is 10.9 Å². The van der Waals surface area contributed by atoms with Gasteiger partial charge >= 0.3 is 0 Å². The van der Waals surface area contributed by atoms with Crippen molar-refractivity contribution in [3.05, 3.63) is 0 Å². The predicted molar refractivity (Wildman–Crippen MR) is 67.6 cm³/mol. The number of aliphatic hydroxyl groups excluding tert-OH is 5. The van der Waals surface area contributed by atoms with Crippen molar-refractivity contribution < 1.29 is 42.7 Å². The van der Waals surface area contributed by atoms with E-state index in [2.05, 4.69) is 4.18 Å². The molecule has 0 spiro atoms. The average molecular weight is 334 g/mol. The molecular formula is C9H18O9S2. The highest BCUT2D eigenvalue weighted by molar-refractivity contribution is 7.97. The van der Waals surface area contributed by atoms with E-state index in [1.54, 1.807) is 0 Å². The Bertz CT molecular complexity index is 400. The molecule has 1 heterocycles. The van der Waals surface area contributed by atoms with Gasteiger partial charge in [-0.1, -0.05) is 0 Å². The Morgan fingerprint density at radius 1 is 1.35 bits per heavy atom. The Morgan fingerprint density at radius 2 is 1.95 bits per heavy atom. The summed E-state index contributed by atoms with van der Waals surface area (Å²) in [5, 5.41) is 46.3. The summed E-state index contributed by atoms with van der Waals surface area (Å²) in [5.41, 5.74) is 0. The Hall–Kier alpha value is 0.0200. The standard InChI is InChI=1S/C9H18O9S2/c10-1-7(18-20(15,16)17)5(12)3-19-4-6(13)9(14)8(19)2-11/h5-14H,1-4H2/t5-,6-,7+,8-,9+,19?/m0/s1. The molecule has 1 fully saturated rings. The summed E-state index contributed by atoms with van der Waals surface area (Å²) in [6.07, 6.45) is -5.26. The van der Waals surface area contributed by atoms with E-state index in [1.807, 2.05) is 0 Å². The maximum atomic E-state index is 10.4. The molecule has 0 radical (unpaired) electrons. The van der Waals surface area contributed by atoms with Crippen LogP contribution >= 0.6 is 0 Å². The topological polar surface area (TPSA) is 168 Å². The van der Waals surface area contributed by atoms with Gasteiger partial charge in [-0.25, -0.2) is 8.42 Å². The molecule has 0 bridgehead atoms. The Balaban J connectivity index is 2.66. The molecule has 1 rings (SSSR count). The van der Waals surface area contributed by atoms with Gasteiger partial charge in [-0.15, -0.1) is 0 Å². The van der Waals surface area contributed by atoms with Gasteiger partial charge in [0.15, 0.2) is 5.25 Å². The van der Waals surface area contributed by atoms with Crippen molar-refractivity contribution in [2.75, 3.05) is 24.7 Å². The monoisotopic (exact) mass is 334 g/mol. The van der Waals surface area contributed by atoms with E-state index in [1.165, 1.54) is 0 Å². The molecule has 1 saturated heterocycles. The second-order valence-corrected chi connectivity index (χ2v) is 7.80. The van der Waals surface area contributed by atoms with E-state index >= 15 is 0 Å². The number of aliphatic hydroxyl groups is 5. The second kappa shape index (κ2) is 7.33. The van der Waals surface area contributed by atoms with Crippen molar-refractivity contribution in [2.45, 2.75) is 29.7 Å². The molecule has 1 unspecified atom stereocenters. The minimum atomic E-state index is -5.07. The highest BCUT2D eigenvalue weighted by atomic mass is 32.3. The first kappa shape index (κ1) is 18.1. The third-order valence-corrected chi connectivity index (χ3v) is 6.31. The average Bonchev–Trinajstić information content (AvgIpc) is 2.60. The van der Waals surface area contributed by atoms with Crippen LogP contribution < -0.4 is 0 Å². The molecule has 6 atom stereocenters. The smallest absolute Gasteiger partial charge is 0.218 e. The molecule has 120 valence electrons. The van der Waals surface area contributed by atoms with Crippen molar-refractivity contribution in [1.82, 2.24) is 0 Å². The Morgan fingerprint density at radius 3 is 2.40 bits per heavy atom. The van der Waals surface area contributed by atoms with E-state index in [0.717, 1.165) is 0 Å². The first-order valence-corrected chi connectivity index (χ1v) is 8.71. The molecule has 1 aliphatic heterocycles. The van der Waals surface area contributed by atoms with E-state index < -0.39 is 64.2 Å². The first-order chi connectivity index (χ1) is 9.19. The van der Waals surface area contributed by atoms with Crippen LogP contribution in [0.15, 0.2) is 0 Å². The number of hydrogen-bond donors (Lipinski definition) is 5. The second-order valence-electron chi connectivity index (χ2n) is 4.44. The molecule has 0 aliphatic carbocycles. The molecular weight excluding hydrogens is 316 g/mol. The van der Waals surface area contributed by atoms with Crippen molar-refractivity contribution >= 4 is 21.3 Å². The van der Waals surface area contributed by atoms with Crippen LogP contribution in [0.25, 0.3) is 0 Å². The van der Waals surface area contributed by atoms with Crippen LogP contribution in [-0.4, -0.2) is 92.9 Å². The van der Waals surface area contributed by atoms with Gasteiger partial charge in [-0.05, 0) is 0 Å². The van der Waals surface area contributed by atoms with Crippen LogP contribution in [0.2, 0.25) is 0 Å². The third kappa shape index (κ3) is 4.79. The highest BCUT2D eigenvalue weighted by Crippen LogP contribution is 2.25. The van der Waals surface area contributed by atoms with Crippen LogP contribution in [0.3, 0.4) is 0 Å². The fraction of sp³-hybridized carbons (Fsp3) is 1.00. The lowest BCUT2D eigenvalue weighted by atomic mass is 10.2. The summed E-state index contributed by atoms with van der Waals surface area (Å²) in [7, 11) is -5.86. The van der Waals surface area contributed by atoms with Crippen molar-refractivity contribution in [1.29, 1.82) is 0 Å². The fourth-order valence-electron chi connectivity index (χ4n) is 1.99. The van der Waals surface area contributed by atoms with Gasteiger partial charge in [0.05, 0.1) is 13.2 Å². The van der Waals surface area contributed by atoms with Gasteiger partial charge in [-0.3, -0.25) is 4.18 Å². The molecule has 0 saturated carbocycles. The van der Waals surface area contributed by atoms with E-state index in [0.29, 0.717) is 0 Å². The van der Waals surface area contributed by atoms with E-state index in [9.17, 15) is 28.3 Å². The van der Waals surface area contributed by atoms with Crippen LogP contribution in [0.4, 0.5) is 0 Å². The van der Waals surface area contributed by atoms with Gasteiger partial charge in [0.1, 0.15) is 35.9 Å². The molecule has 9 nitrogen and oxygen atoms in total. The summed E-state index contributed by atoms with van der Waals surface area (Å²) in [6.45, 7) is -1.28. The molecule has 0 aromatic rings. The van der Waals surface area contributed by atoms with E-state index in [-0.39, 0.29) is 11.5 Å². The summed E-state index contributed by atoms with van der Waals surface area (Å²) in [6, 6.07) is 0. The minimum Gasteiger partial charge on any atom is -0.726 e. The third-order valence-electron chi connectivity index (χ3n) is 3.00. The lowest BCUT2D eigenvalue weighted by Gasteiger charge is -2.22. The molecule has 0 aromatic heterocycles. The van der Waals surface area contributed by atoms with E-state index in [4.69, 9.17) is 10.2 Å². The summed E-state index contributed by atoms with van der Waals surface area (Å²) in [4.78, 5) is 0. The number of hydrogen-bond acceptors (Lipinski definition) is 9. The van der Waals surface area contributed by atoms with Crippen LogP contribution in [0.1, 0.15) is 0 Å². The highest BCUT2D eigenvalue weighted by Gasteiger charge is 2.50. The lowest BCUT2D eigenvalue weighted by Crippen LogP contribution is -2.42. The summed E-state index contributed by atoms with van der Waals surface area (Å²) in [5.74, 6) is 0.0197. The maximum Gasteiger partial charge on any atom is 0.218 e. The molecule has 11 heteroatoms. The van der Waals surface area contributed by atoms with Crippen molar-refractivity contribution in [3.8, 4) is 0 Å². The maximum absolute atomic E-state index is 10.4. The Kier molecular flexibility index (Phi) is 6.63. The zero-order chi connectivity index (χ0) is 15.5. The molecule has 5 N–H and O–H groups in total. The largest absolute Gasteiger partial charge is 0.726 e. The molecule has 20 heavy (non-hydrogen) atoms. The number of rotatable bonds is 7. The van der Waals surface area contributed by atoms with Crippen LogP contribution in [0, 0.1) is 0 Å². The first-order valence-electron chi connectivity index (χ1n) is 5.76. The molecule has 0 amide bonds. The van der Waals surface area contributed by atoms with Crippen LogP contribution in [-0.2, 0) is 25.5 Å². The quantitative estimate of drug-likeness (QED) is 0.176. The zero-order valence-electron chi connectivity index (χ0n) is 10.4. The minimum absolute atomic E-state index is 0.111. The summed E-state index contributed by atoms with van der Waals surface area (Å²) >= 11 is 0. The predicted octanol–water partition coefficient (Wildman–Crippen LogP) is -4.10. The molecule has 1 aliphatic rings. The Labute approximate surface area is 119 Å². The zero-order valence-corrected chi connectivity index (χ0v) is 12.0. The normalized spacial score (nSPS) is 34.1. The van der Waals surface area contributed by atoms with Gasteiger partial charge in [0.25, 0.3) is 0 Å². The van der Waals surface area contributed by atoms with Crippen molar-refractivity contribution in [2.24, 2.45) is 0 Å². The van der Waals surface area contributed by atoms with Gasteiger partial charge in [-0.2, -0.15) is 0 Å². The fourth-order valence-corrected chi connectivity index (χ4v) is 5.18. The van der Waals surface area contributed by atoms with Gasteiger partial charge < -0.3 is 30.1 Å². The molecule has 0 aromatic carbocycles. The lowest BCUT2D eigenvalue weighted by molar-refractivity contribution is 0.0105. The van der Waals surface area contributed by atoms with Crippen molar-refractivity contribution in [3.63, 3.8) is 0 Å². The van der Waals surface area contributed by atoms with Crippen LogP contribution in [0.5, 0.6) is 0 Å². The SMILES string of the molecule is O=S(=O)([O-])O[C@H](CO)[C@@H](O)C[S+]1C[C@H](O)[C@@H](O)[C@@H]1CO. The van der Waals surface area contributed by atoms with Gasteiger partial charge in [0.2, 0.25) is 10.4 Å². The summed E-state index contributed by atoms with van der Waals surface area (Å²) < 4.78 is 35.4.